The third kappa shape index (κ3) is 19.9. The molecule has 0 rings (SSSR count). The van der Waals surface area contributed by atoms with E-state index in [1.54, 1.807) is 0 Å². The standard InChI is InChI=1S/NO3.HNO2.N/c2-1(3)4;2-1-3;/h;(H,2,3);/q-1;;+2/p-1. The molecule has 0 aliphatic rings. The smallest absolute Gasteiger partial charge is 0.444 e. The topological polar surface area (TPSA) is 149 Å². The molecular weight excluding hydrogens is 122 g/mol. The Bertz CT molecular complexity index is 54.7. The first-order valence-corrected chi connectivity index (χ1v) is 0.913. The highest BCUT2D eigenvalue weighted by Gasteiger charge is 2.00. The van der Waals surface area contributed by atoms with Crippen molar-refractivity contribution in [2.45, 2.75) is 0 Å². The van der Waals surface area contributed by atoms with Gasteiger partial charge in [-0.3, -0.25) is 0 Å². The maximum Gasteiger partial charge on any atom is 2.00 e. The number of hydrogen-bond donors (Lipinski definition) is 0. The minimum atomic E-state index is -1.75. The van der Waals surface area contributed by atoms with E-state index in [0.717, 1.165) is 5.34 Å². The lowest BCUT2D eigenvalue weighted by Gasteiger charge is -1.74. The highest BCUT2D eigenvalue weighted by atomic mass is 16.9. The third-order valence-corrected chi connectivity index (χ3v) is 0. The fourth-order valence-corrected chi connectivity index (χ4v) is 0. The van der Waals surface area contributed by atoms with E-state index in [1.165, 1.54) is 0 Å². The summed E-state index contributed by atoms with van der Waals surface area (Å²) in [5.74, 6) is 0. The summed E-state index contributed by atoms with van der Waals surface area (Å²) in [7, 11) is 0. The highest BCUT2D eigenvalue weighted by Crippen LogP contribution is 1.44. The van der Waals surface area contributed by atoms with Crippen LogP contribution in [0, 0.1) is 25.4 Å². The lowest BCUT2D eigenvalue weighted by Crippen LogP contribution is -1.74. The molecule has 0 aliphatic heterocycles. The molecule has 0 fully saturated rings. The van der Waals surface area contributed by atoms with Crippen LogP contribution in [0.4, 0.5) is 0 Å². The Hall–Kier alpha value is -1.60. The maximum absolute atomic E-state index is 8.25. The second-order valence-electron chi connectivity index (χ2n) is 0.298. The van der Waals surface area contributed by atoms with Crippen LogP contribution in [0.1, 0.15) is 0 Å². The van der Waals surface area contributed by atoms with Crippen LogP contribution in [0.5, 0.6) is 0 Å². The van der Waals surface area contributed by atoms with E-state index in [1.807, 2.05) is 0 Å². The van der Waals surface area contributed by atoms with Gasteiger partial charge in [-0.15, -0.1) is 5.34 Å². The summed E-state index contributed by atoms with van der Waals surface area (Å²) < 4.78 is 0. The first-order valence-electron chi connectivity index (χ1n) is 0.913. The van der Waals surface area contributed by atoms with Crippen molar-refractivity contribution in [3.63, 3.8) is 0 Å². The van der Waals surface area contributed by atoms with Crippen molar-refractivity contribution in [1.29, 1.82) is 0 Å². The molecule has 0 N–H and O–H groups in total. The molecule has 0 saturated heterocycles. The first-order chi connectivity index (χ1) is 3.15. The summed E-state index contributed by atoms with van der Waals surface area (Å²) >= 11 is 0. The predicted octanol–water partition coefficient (Wildman–Crippen LogP) is -0.469. The zero-order chi connectivity index (χ0) is 6.28. The fourth-order valence-electron chi connectivity index (χ4n) is 0. The zero-order valence-electron chi connectivity index (χ0n) is 3.38. The van der Waals surface area contributed by atoms with Crippen LogP contribution in [0.3, 0.4) is 0 Å². The van der Waals surface area contributed by atoms with Crippen LogP contribution < -0.4 is 6.15 Å². The largest absolute Gasteiger partial charge is 2.00 e. The van der Waals surface area contributed by atoms with Gasteiger partial charge in [-0.2, -0.15) is 0 Å². The summed E-state index contributed by atoms with van der Waals surface area (Å²) in [4.78, 5) is 16.2. The van der Waals surface area contributed by atoms with Crippen molar-refractivity contribution in [2.24, 2.45) is 5.34 Å². The maximum atomic E-state index is 8.25. The average Bonchev–Trinajstić information content (AvgIpc) is 1.33. The van der Waals surface area contributed by atoms with Crippen LogP contribution in [0.15, 0.2) is 5.34 Å². The minimum Gasteiger partial charge on any atom is -0.444 e. The molecule has 45 valence electrons. The summed E-state index contributed by atoms with van der Waals surface area (Å²) in [5, 5.41) is 23.8. The van der Waals surface area contributed by atoms with Gasteiger partial charge in [-0.1, -0.05) is 0 Å². The second kappa shape index (κ2) is 18.1. The molecule has 0 bridgehead atoms. The molecule has 8 heteroatoms. The molecular formula is N3O5. The minimum absolute atomic E-state index is 0. The quantitative estimate of drug-likeness (QED) is 0.241. The van der Waals surface area contributed by atoms with Gasteiger partial charge >= 0.3 is 6.15 Å². The summed E-state index contributed by atoms with van der Waals surface area (Å²) in [6.45, 7) is 0. The monoisotopic (exact) mass is 122 g/mol. The lowest BCUT2D eigenvalue weighted by atomic mass is 13.1. The van der Waals surface area contributed by atoms with Crippen molar-refractivity contribution in [2.75, 3.05) is 0 Å². The van der Waals surface area contributed by atoms with Crippen LogP contribution in [0.2, 0.25) is 0 Å². The second-order valence-corrected chi connectivity index (χ2v) is 0.298. The zero-order valence-corrected chi connectivity index (χ0v) is 3.38. The van der Waals surface area contributed by atoms with Crippen LogP contribution in [0.25, 0.3) is 0 Å². The van der Waals surface area contributed by atoms with Gasteiger partial charge in [0.2, 0.25) is 0 Å². The van der Waals surface area contributed by atoms with Crippen molar-refractivity contribution in [1.82, 2.24) is 6.15 Å². The lowest BCUT2D eigenvalue weighted by molar-refractivity contribution is -0.402. The molecule has 0 heterocycles. The average molecular weight is 122 g/mol. The third-order valence-electron chi connectivity index (χ3n) is 0. The fraction of sp³-hybridized carbons (Fsp3) is 0. The highest BCUT2D eigenvalue weighted by molar-refractivity contribution is 4.21. The van der Waals surface area contributed by atoms with E-state index in [-0.39, 0.29) is 6.15 Å². The van der Waals surface area contributed by atoms with Crippen molar-refractivity contribution >= 4 is 0 Å². The summed E-state index contributed by atoms with van der Waals surface area (Å²) in [6, 6.07) is 0. The Labute approximate surface area is 43.4 Å². The molecule has 0 aromatic carbocycles. The Kier molecular flexibility index (Phi) is 36.6. The molecule has 0 spiro atoms. The Morgan fingerprint density at radius 1 is 1.38 bits per heavy atom. The van der Waals surface area contributed by atoms with Gasteiger partial charge in [-0.05, 0) is 0 Å². The molecule has 0 atom stereocenters. The molecule has 0 amide bonds. The van der Waals surface area contributed by atoms with Gasteiger partial charge in [0.25, 0.3) is 0 Å². The van der Waals surface area contributed by atoms with E-state index in [2.05, 4.69) is 0 Å². The number of nitrogens with zero attached hydrogens (tertiary/aromatic N) is 3. The van der Waals surface area contributed by atoms with Crippen molar-refractivity contribution < 1.29 is 5.09 Å². The van der Waals surface area contributed by atoms with Crippen molar-refractivity contribution in [3.8, 4) is 0 Å². The van der Waals surface area contributed by atoms with E-state index in [4.69, 9.17) is 25.4 Å². The van der Waals surface area contributed by atoms with Gasteiger partial charge in [0.1, 0.15) is 0 Å². The Morgan fingerprint density at radius 2 is 1.38 bits per heavy atom. The Morgan fingerprint density at radius 3 is 1.38 bits per heavy atom. The molecule has 8 nitrogen and oxygen atoms in total. The SMILES string of the molecule is O=N[O-].O=[N+]([O-])[O-].[N+2]. The molecule has 8 heavy (non-hydrogen) atoms. The van der Waals surface area contributed by atoms with E-state index >= 15 is 0 Å². The van der Waals surface area contributed by atoms with E-state index < -0.39 is 5.09 Å². The normalized spacial score (nSPS) is 4.50. The first kappa shape index (κ1) is 16.1. The van der Waals surface area contributed by atoms with Crippen LogP contribution >= 0.6 is 0 Å². The molecule has 0 saturated carbocycles. The van der Waals surface area contributed by atoms with Crippen LogP contribution in [-0.2, 0) is 0 Å². The molecule has 0 aromatic heterocycles. The van der Waals surface area contributed by atoms with Gasteiger partial charge in [0.05, 0.1) is 5.09 Å². The molecule has 0 unspecified atom stereocenters. The van der Waals surface area contributed by atoms with Gasteiger partial charge in [0, 0.05) is 0 Å². The molecule has 3 radical (unpaired) electrons. The van der Waals surface area contributed by atoms with Gasteiger partial charge < -0.3 is 25.4 Å². The summed E-state index contributed by atoms with van der Waals surface area (Å²) in [6.07, 6.45) is 0. The number of rotatable bonds is 0. The van der Waals surface area contributed by atoms with Crippen molar-refractivity contribution in [3.05, 3.63) is 25.4 Å². The van der Waals surface area contributed by atoms with Crippen LogP contribution in [-0.4, -0.2) is 5.09 Å². The predicted molar refractivity (Wildman–Crippen MR) is 21.7 cm³/mol. The van der Waals surface area contributed by atoms with Gasteiger partial charge in [0.15, 0.2) is 0 Å². The number of hydrogen-bond acceptors (Lipinski definition) is 6. The summed E-state index contributed by atoms with van der Waals surface area (Å²) in [5.41, 5.74) is 0. The Balaban J connectivity index is -0.0000000575. The molecule has 0 aliphatic carbocycles. The molecule has 0 aromatic rings. The van der Waals surface area contributed by atoms with E-state index in [0.29, 0.717) is 0 Å². The van der Waals surface area contributed by atoms with Gasteiger partial charge in [-0.25, -0.2) is 0 Å². The van der Waals surface area contributed by atoms with E-state index in [9.17, 15) is 0 Å².